The fourth-order valence-electron chi connectivity index (χ4n) is 2.08. The summed E-state index contributed by atoms with van der Waals surface area (Å²) in [7, 11) is 1.72. The lowest BCUT2D eigenvalue weighted by Gasteiger charge is -2.19. The number of aryl methyl sites for hydroxylation is 1. The van der Waals surface area contributed by atoms with Gasteiger partial charge in [0.1, 0.15) is 5.82 Å². The molecule has 2 rings (SSSR count). The molecule has 0 aliphatic carbocycles. The van der Waals surface area contributed by atoms with Crippen LogP contribution in [0.1, 0.15) is 5.56 Å². The number of nitrogens with one attached hydrogen (secondary N) is 1. The predicted molar refractivity (Wildman–Crippen MR) is 81.2 cm³/mol. The summed E-state index contributed by atoms with van der Waals surface area (Å²) in [6.07, 6.45) is 1.58. The van der Waals surface area contributed by atoms with Crippen molar-refractivity contribution in [1.29, 1.82) is 0 Å². The molecule has 7 nitrogen and oxygen atoms in total. The molecular formula is C15H18N4O3. The Bertz CT molecular complexity index is 639. The van der Waals surface area contributed by atoms with Crippen molar-refractivity contribution in [3.05, 3.63) is 48.2 Å². The number of rotatable bonds is 7. The summed E-state index contributed by atoms with van der Waals surface area (Å²) < 4.78 is 1.54. The van der Waals surface area contributed by atoms with Crippen molar-refractivity contribution in [2.24, 2.45) is 7.05 Å². The van der Waals surface area contributed by atoms with Gasteiger partial charge in [-0.15, -0.1) is 0 Å². The van der Waals surface area contributed by atoms with E-state index in [1.54, 1.807) is 24.2 Å². The van der Waals surface area contributed by atoms with Crippen LogP contribution in [0.15, 0.2) is 42.6 Å². The van der Waals surface area contributed by atoms with E-state index in [1.807, 2.05) is 30.3 Å². The molecule has 0 spiro atoms. The van der Waals surface area contributed by atoms with E-state index in [2.05, 4.69) is 10.4 Å². The average Bonchev–Trinajstić information content (AvgIpc) is 2.84. The van der Waals surface area contributed by atoms with Crippen molar-refractivity contribution in [2.45, 2.75) is 6.54 Å². The van der Waals surface area contributed by atoms with Crippen molar-refractivity contribution < 1.29 is 14.7 Å². The molecule has 0 bridgehead atoms. The first-order valence-electron chi connectivity index (χ1n) is 6.80. The van der Waals surface area contributed by atoms with Crippen LogP contribution in [0.3, 0.4) is 0 Å². The van der Waals surface area contributed by atoms with Gasteiger partial charge in [-0.05, 0) is 5.56 Å². The first-order chi connectivity index (χ1) is 10.5. The predicted octanol–water partition coefficient (Wildman–Crippen LogP) is 0.945. The van der Waals surface area contributed by atoms with Crippen LogP contribution >= 0.6 is 0 Å². The molecule has 2 N–H and O–H groups in total. The standard InChI is InChI=1S/C15H18N4O3/c1-18-13(7-8-16-18)17-14(20)10-19(11-15(21)22)9-12-5-3-2-4-6-12/h2-8H,9-11H2,1H3,(H,17,20)(H,21,22). The second-order valence-electron chi connectivity index (χ2n) is 4.91. The lowest BCUT2D eigenvalue weighted by Crippen LogP contribution is -2.36. The highest BCUT2D eigenvalue weighted by atomic mass is 16.4. The Balaban J connectivity index is 1.98. The van der Waals surface area contributed by atoms with Gasteiger partial charge in [-0.1, -0.05) is 30.3 Å². The van der Waals surface area contributed by atoms with E-state index in [0.29, 0.717) is 12.4 Å². The zero-order valence-electron chi connectivity index (χ0n) is 12.3. The summed E-state index contributed by atoms with van der Waals surface area (Å²) in [5, 5.41) is 15.7. The van der Waals surface area contributed by atoms with Crippen LogP contribution in [0, 0.1) is 0 Å². The Morgan fingerprint density at radius 2 is 1.95 bits per heavy atom. The van der Waals surface area contributed by atoms with Gasteiger partial charge in [0.2, 0.25) is 5.91 Å². The van der Waals surface area contributed by atoms with Crippen molar-refractivity contribution in [3.63, 3.8) is 0 Å². The highest BCUT2D eigenvalue weighted by molar-refractivity contribution is 5.91. The molecule has 22 heavy (non-hydrogen) atoms. The van der Waals surface area contributed by atoms with E-state index in [0.717, 1.165) is 5.56 Å². The Morgan fingerprint density at radius 3 is 2.55 bits per heavy atom. The Morgan fingerprint density at radius 1 is 1.23 bits per heavy atom. The van der Waals surface area contributed by atoms with Crippen molar-refractivity contribution >= 4 is 17.7 Å². The quantitative estimate of drug-likeness (QED) is 0.795. The Hall–Kier alpha value is -2.67. The van der Waals surface area contributed by atoms with Gasteiger partial charge < -0.3 is 10.4 Å². The second-order valence-corrected chi connectivity index (χ2v) is 4.91. The van der Waals surface area contributed by atoms with Gasteiger partial charge >= 0.3 is 5.97 Å². The smallest absolute Gasteiger partial charge is 0.317 e. The minimum atomic E-state index is -0.968. The van der Waals surface area contributed by atoms with Crippen LogP contribution in [0.5, 0.6) is 0 Å². The van der Waals surface area contributed by atoms with Gasteiger partial charge in [0.15, 0.2) is 0 Å². The molecule has 0 fully saturated rings. The van der Waals surface area contributed by atoms with E-state index in [4.69, 9.17) is 5.11 Å². The van der Waals surface area contributed by atoms with Gasteiger partial charge in [-0.2, -0.15) is 5.10 Å². The molecule has 0 radical (unpaired) electrons. The lowest BCUT2D eigenvalue weighted by atomic mass is 10.2. The number of anilines is 1. The van der Waals surface area contributed by atoms with Crippen LogP contribution in [-0.4, -0.2) is 44.8 Å². The van der Waals surface area contributed by atoms with Gasteiger partial charge in [0, 0.05) is 19.7 Å². The van der Waals surface area contributed by atoms with E-state index < -0.39 is 5.97 Å². The summed E-state index contributed by atoms with van der Waals surface area (Å²) in [5.41, 5.74) is 0.956. The minimum absolute atomic E-state index is 0.00757. The number of carbonyl (C=O) groups excluding carboxylic acids is 1. The first-order valence-corrected chi connectivity index (χ1v) is 6.80. The number of carboxylic acid groups (broad SMARTS) is 1. The second kappa shape index (κ2) is 7.37. The molecule has 0 atom stereocenters. The highest BCUT2D eigenvalue weighted by Gasteiger charge is 2.15. The number of carbonyl (C=O) groups is 2. The highest BCUT2D eigenvalue weighted by Crippen LogP contribution is 2.06. The molecule has 1 heterocycles. The third kappa shape index (κ3) is 4.71. The maximum Gasteiger partial charge on any atom is 0.317 e. The number of nitrogens with zero attached hydrogens (tertiary/aromatic N) is 3. The molecule has 2 aromatic rings. The van der Waals surface area contributed by atoms with Gasteiger partial charge in [-0.3, -0.25) is 19.2 Å². The number of benzene rings is 1. The van der Waals surface area contributed by atoms with E-state index in [9.17, 15) is 9.59 Å². The van der Waals surface area contributed by atoms with Crippen molar-refractivity contribution in [3.8, 4) is 0 Å². The zero-order valence-corrected chi connectivity index (χ0v) is 12.3. The fourth-order valence-corrected chi connectivity index (χ4v) is 2.08. The lowest BCUT2D eigenvalue weighted by molar-refractivity contribution is -0.138. The third-order valence-electron chi connectivity index (χ3n) is 3.06. The zero-order chi connectivity index (χ0) is 15.9. The first kappa shape index (κ1) is 15.7. The SMILES string of the molecule is Cn1nccc1NC(=O)CN(CC(=O)O)Cc1ccccc1. The topological polar surface area (TPSA) is 87.5 Å². The molecule has 1 aromatic heterocycles. The summed E-state index contributed by atoms with van der Waals surface area (Å²) in [6, 6.07) is 11.1. The molecule has 0 aliphatic rings. The van der Waals surface area contributed by atoms with Crippen molar-refractivity contribution in [2.75, 3.05) is 18.4 Å². The van der Waals surface area contributed by atoms with E-state index in [-0.39, 0.29) is 19.0 Å². The summed E-state index contributed by atoms with van der Waals surface area (Å²) in [6.45, 7) is 0.187. The molecule has 7 heteroatoms. The molecule has 0 unspecified atom stereocenters. The van der Waals surface area contributed by atoms with Gasteiger partial charge in [0.25, 0.3) is 0 Å². The fraction of sp³-hybridized carbons (Fsp3) is 0.267. The van der Waals surface area contributed by atoms with Crippen LogP contribution in [-0.2, 0) is 23.2 Å². The van der Waals surface area contributed by atoms with Crippen LogP contribution in [0.25, 0.3) is 0 Å². The number of amides is 1. The molecule has 0 saturated carbocycles. The molecular weight excluding hydrogens is 284 g/mol. The van der Waals surface area contributed by atoms with E-state index in [1.165, 1.54) is 4.68 Å². The number of aliphatic carboxylic acids is 1. The molecule has 0 aliphatic heterocycles. The van der Waals surface area contributed by atoms with Gasteiger partial charge in [0.05, 0.1) is 19.3 Å². The average molecular weight is 302 g/mol. The number of carboxylic acids is 1. The maximum absolute atomic E-state index is 12.1. The minimum Gasteiger partial charge on any atom is -0.480 e. The van der Waals surface area contributed by atoms with Crippen LogP contribution < -0.4 is 5.32 Å². The summed E-state index contributed by atoms with van der Waals surface area (Å²) in [5.74, 6) is -0.676. The largest absolute Gasteiger partial charge is 0.480 e. The maximum atomic E-state index is 12.1. The molecule has 1 amide bonds. The van der Waals surface area contributed by atoms with Gasteiger partial charge in [-0.25, -0.2) is 0 Å². The molecule has 116 valence electrons. The Kier molecular flexibility index (Phi) is 5.26. The Labute approximate surface area is 128 Å². The summed E-state index contributed by atoms with van der Waals surface area (Å²) in [4.78, 5) is 24.6. The summed E-state index contributed by atoms with van der Waals surface area (Å²) >= 11 is 0. The van der Waals surface area contributed by atoms with Crippen LogP contribution in [0.4, 0.5) is 5.82 Å². The monoisotopic (exact) mass is 302 g/mol. The number of hydrogen-bond donors (Lipinski definition) is 2. The van der Waals surface area contributed by atoms with Crippen molar-refractivity contribution in [1.82, 2.24) is 14.7 Å². The van der Waals surface area contributed by atoms with Crippen LogP contribution in [0.2, 0.25) is 0 Å². The third-order valence-corrected chi connectivity index (χ3v) is 3.06. The molecule has 1 aromatic carbocycles. The normalized spacial score (nSPS) is 10.6. The van der Waals surface area contributed by atoms with E-state index >= 15 is 0 Å². The molecule has 0 saturated heterocycles. The number of hydrogen-bond acceptors (Lipinski definition) is 4. The number of aromatic nitrogens is 2.